The van der Waals surface area contributed by atoms with Crippen LogP contribution in [0.4, 0.5) is 0 Å². The van der Waals surface area contributed by atoms with Gasteiger partial charge in [-0.1, -0.05) is 13.8 Å². The molecule has 1 fully saturated rings. The first-order valence-corrected chi connectivity index (χ1v) is 8.10. The minimum absolute atomic E-state index is 0.168. The average Bonchev–Trinajstić information content (AvgIpc) is 2.32. The molecule has 3 heteroatoms. The SMILES string of the molecule is COCC(CNC(C)(C)C)N(C)C1CCC(C)(C)CC1. The second-order valence-electron chi connectivity index (χ2n) is 8.30. The maximum atomic E-state index is 5.44. The van der Waals surface area contributed by atoms with Crippen LogP contribution in [0.25, 0.3) is 0 Å². The molecule has 120 valence electrons. The molecule has 0 heterocycles. The molecule has 0 amide bonds. The van der Waals surface area contributed by atoms with E-state index in [1.807, 2.05) is 7.11 Å². The summed E-state index contributed by atoms with van der Waals surface area (Å²) in [6, 6.07) is 1.18. The first-order valence-electron chi connectivity index (χ1n) is 8.10. The number of nitrogens with one attached hydrogen (secondary N) is 1. The van der Waals surface area contributed by atoms with Gasteiger partial charge < -0.3 is 10.1 Å². The lowest BCUT2D eigenvalue weighted by atomic mass is 9.75. The molecule has 3 nitrogen and oxygen atoms in total. The molecule has 1 aliphatic rings. The zero-order chi connectivity index (χ0) is 15.4. The van der Waals surface area contributed by atoms with Crippen LogP contribution in [-0.2, 0) is 4.74 Å². The largest absolute Gasteiger partial charge is 0.383 e. The Balaban J connectivity index is 2.53. The molecule has 0 bridgehead atoms. The molecule has 1 saturated carbocycles. The number of nitrogens with zero attached hydrogens (tertiary/aromatic N) is 1. The Hall–Kier alpha value is -0.120. The Bertz CT molecular complexity index is 273. The van der Waals surface area contributed by atoms with E-state index in [1.54, 1.807) is 0 Å². The number of ether oxygens (including phenoxy) is 1. The molecule has 0 aromatic heterocycles. The van der Waals surface area contributed by atoms with E-state index >= 15 is 0 Å². The molecular weight excluding hydrogens is 248 g/mol. The third-order valence-electron chi connectivity index (χ3n) is 4.69. The van der Waals surface area contributed by atoms with Gasteiger partial charge in [0.1, 0.15) is 0 Å². The van der Waals surface area contributed by atoms with E-state index in [9.17, 15) is 0 Å². The zero-order valence-corrected chi connectivity index (χ0v) is 14.8. The fourth-order valence-corrected chi connectivity index (χ4v) is 3.03. The molecule has 0 radical (unpaired) electrons. The van der Waals surface area contributed by atoms with Crippen LogP contribution in [0.2, 0.25) is 0 Å². The molecule has 1 unspecified atom stereocenters. The third-order valence-corrected chi connectivity index (χ3v) is 4.69. The van der Waals surface area contributed by atoms with E-state index in [4.69, 9.17) is 4.74 Å². The fraction of sp³-hybridized carbons (Fsp3) is 1.00. The quantitative estimate of drug-likeness (QED) is 0.810. The third kappa shape index (κ3) is 6.11. The summed E-state index contributed by atoms with van der Waals surface area (Å²) in [5.74, 6) is 0. The number of hydrogen-bond donors (Lipinski definition) is 1. The molecule has 20 heavy (non-hydrogen) atoms. The van der Waals surface area contributed by atoms with Crippen molar-refractivity contribution in [3.8, 4) is 0 Å². The predicted molar refractivity (Wildman–Crippen MR) is 87.2 cm³/mol. The predicted octanol–water partition coefficient (Wildman–Crippen LogP) is 3.29. The van der Waals surface area contributed by atoms with Gasteiger partial charge in [0.05, 0.1) is 6.61 Å². The van der Waals surface area contributed by atoms with Gasteiger partial charge in [0, 0.05) is 31.3 Å². The standard InChI is InChI=1S/C17H36N2O/c1-16(2,3)18-12-15(13-20-7)19(6)14-8-10-17(4,5)11-9-14/h14-15,18H,8-13H2,1-7H3. The first-order chi connectivity index (χ1) is 9.14. The monoisotopic (exact) mass is 284 g/mol. The number of rotatable bonds is 6. The normalized spacial score (nSPS) is 22.2. The van der Waals surface area contributed by atoms with E-state index in [1.165, 1.54) is 25.7 Å². The Morgan fingerprint density at radius 1 is 1.25 bits per heavy atom. The summed E-state index contributed by atoms with van der Waals surface area (Å²) in [7, 11) is 4.08. The van der Waals surface area contributed by atoms with Crippen LogP contribution in [0, 0.1) is 5.41 Å². The van der Waals surface area contributed by atoms with Crippen molar-refractivity contribution in [3.63, 3.8) is 0 Å². The van der Waals surface area contributed by atoms with Crippen molar-refractivity contribution in [2.45, 2.75) is 77.9 Å². The minimum atomic E-state index is 0.168. The highest BCUT2D eigenvalue weighted by atomic mass is 16.5. The number of hydrogen-bond acceptors (Lipinski definition) is 3. The van der Waals surface area contributed by atoms with Gasteiger partial charge in [-0.3, -0.25) is 4.90 Å². The van der Waals surface area contributed by atoms with E-state index < -0.39 is 0 Å². The van der Waals surface area contributed by atoms with Gasteiger partial charge in [-0.15, -0.1) is 0 Å². The van der Waals surface area contributed by atoms with E-state index in [2.05, 4.69) is 51.9 Å². The first kappa shape index (κ1) is 17.9. The topological polar surface area (TPSA) is 24.5 Å². The lowest BCUT2D eigenvalue weighted by Crippen LogP contribution is -2.52. The lowest BCUT2D eigenvalue weighted by molar-refractivity contribution is 0.0470. The van der Waals surface area contributed by atoms with Gasteiger partial charge in [0.25, 0.3) is 0 Å². The summed E-state index contributed by atoms with van der Waals surface area (Å²) >= 11 is 0. The Morgan fingerprint density at radius 3 is 2.25 bits per heavy atom. The molecule has 0 aromatic rings. The van der Waals surface area contributed by atoms with Gasteiger partial charge in [-0.25, -0.2) is 0 Å². The summed E-state index contributed by atoms with van der Waals surface area (Å²) in [4.78, 5) is 2.55. The lowest BCUT2D eigenvalue weighted by Gasteiger charge is -2.42. The van der Waals surface area contributed by atoms with Crippen molar-refractivity contribution in [1.29, 1.82) is 0 Å². The van der Waals surface area contributed by atoms with Crippen LogP contribution in [0.15, 0.2) is 0 Å². The van der Waals surface area contributed by atoms with Gasteiger partial charge >= 0.3 is 0 Å². The Kier molecular flexibility index (Phi) is 6.49. The molecule has 1 aliphatic carbocycles. The Morgan fingerprint density at radius 2 is 1.80 bits per heavy atom. The van der Waals surface area contributed by atoms with Crippen LogP contribution >= 0.6 is 0 Å². The fourth-order valence-electron chi connectivity index (χ4n) is 3.03. The van der Waals surface area contributed by atoms with Gasteiger partial charge in [-0.2, -0.15) is 0 Å². The van der Waals surface area contributed by atoms with E-state index in [0.29, 0.717) is 17.5 Å². The Labute approximate surface area is 126 Å². The summed E-state index contributed by atoms with van der Waals surface area (Å²) in [5, 5.41) is 3.62. The molecule has 0 aromatic carbocycles. The highest BCUT2D eigenvalue weighted by molar-refractivity contribution is 4.87. The van der Waals surface area contributed by atoms with Crippen LogP contribution < -0.4 is 5.32 Å². The maximum Gasteiger partial charge on any atom is 0.0630 e. The van der Waals surface area contributed by atoms with Crippen LogP contribution in [-0.4, -0.2) is 49.8 Å². The van der Waals surface area contributed by atoms with Crippen LogP contribution in [0.3, 0.4) is 0 Å². The zero-order valence-electron chi connectivity index (χ0n) is 14.8. The number of likely N-dealkylation sites (N-methyl/N-ethyl adjacent to an activating group) is 1. The second kappa shape index (κ2) is 7.24. The second-order valence-corrected chi connectivity index (χ2v) is 8.30. The van der Waals surface area contributed by atoms with Crippen LogP contribution in [0.5, 0.6) is 0 Å². The molecular formula is C17H36N2O. The molecule has 1 atom stereocenters. The van der Waals surface area contributed by atoms with E-state index in [-0.39, 0.29) is 5.54 Å². The molecule has 0 saturated heterocycles. The summed E-state index contributed by atoms with van der Waals surface area (Å²) in [5.41, 5.74) is 0.707. The smallest absolute Gasteiger partial charge is 0.0630 e. The van der Waals surface area contributed by atoms with Crippen molar-refractivity contribution >= 4 is 0 Å². The van der Waals surface area contributed by atoms with Crippen molar-refractivity contribution in [2.24, 2.45) is 5.41 Å². The molecule has 1 N–H and O–H groups in total. The van der Waals surface area contributed by atoms with Crippen molar-refractivity contribution in [1.82, 2.24) is 10.2 Å². The molecule has 0 aliphatic heterocycles. The van der Waals surface area contributed by atoms with Gasteiger partial charge in [0.2, 0.25) is 0 Å². The van der Waals surface area contributed by atoms with Crippen molar-refractivity contribution in [2.75, 3.05) is 27.3 Å². The van der Waals surface area contributed by atoms with Crippen LogP contribution in [0.1, 0.15) is 60.3 Å². The highest BCUT2D eigenvalue weighted by Crippen LogP contribution is 2.37. The number of methoxy groups -OCH3 is 1. The van der Waals surface area contributed by atoms with Gasteiger partial charge in [0.15, 0.2) is 0 Å². The minimum Gasteiger partial charge on any atom is -0.383 e. The molecule has 0 spiro atoms. The summed E-state index contributed by atoms with van der Waals surface area (Å²) in [6.45, 7) is 13.3. The van der Waals surface area contributed by atoms with Crippen molar-refractivity contribution < 1.29 is 4.74 Å². The molecule has 1 rings (SSSR count). The maximum absolute atomic E-state index is 5.44. The average molecular weight is 284 g/mol. The highest BCUT2D eigenvalue weighted by Gasteiger charge is 2.31. The van der Waals surface area contributed by atoms with Gasteiger partial charge in [-0.05, 0) is 58.9 Å². The summed E-state index contributed by atoms with van der Waals surface area (Å²) in [6.07, 6.45) is 5.32. The van der Waals surface area contributed by atoms with E-state index in [0.717, 1.165) is 13.2 Å². The van der Waals surface area contributed by atoms with Crippen molar-refractivity contribution in [3.05, 3.63) is 0 Å². The summed E-state index contributed by atoms with van der Waals surface area (Å²) < 4.78 is 5.44.